The minimum Gasteiger partial charge on any atom is -0.382 e. The molecule has 172 valence electrons. The number of rotatable bonds is 5. The molecule has 0 radical (unpaired) electrons. The van der Waals surface area contributed by atoms with Crippen molar-refractivity contribution in [3.8, 4) is 11.4 Å². The van der Waals surface area contributed by atoms with Crippen molar-refractivity contribution in [1.29, 1.82) is 0 Å². The first kappa shape index (κ1) is 21.6. The fraction of sp³-hybridized carbons (Fsp3) is 0.231. The maximum atomic E-state index is 12.8. The number of carbonyl (C=O) groups excluding carboxylic acids is 1. The number of nitrogen functional groups attached to an aromatic ring is 1. The van der Waals surface area contributed by atoms with Gasteiger partial charge in [0.15, 0.2) is 0 Å². The number of hydrogen-bond donors (Lipinski definition) is 2. The van der Waals surface area contributed by atoms with E-state index in [1.807, 2.05) is 40.6 Å². The standard InChI is InChI=1S/C26H27N7O/c1-3-11-28-19(4-2)26(34)32-13-9-17(10-14-32)25-31-22(23-24(27)29-12-15-33(23)25)21-16-18-7-5-6-8-20(18)30-21/h3-8,11-12,15-17,30H,2,9-10,13-14H2,1H3,(H2,27,29)/b11-3-,28-19+. The van der Waals surface area contributed by atoms with Crippen LogP contribution in [0.1, 0.15) is 31.5 Å². The van der Waals surface area contributed by atoms with Crippen molar-refractivity contribution in [2.75, 3.05) is 18.8 Å². The van der Waals surface area contributed by atoms with Crippen LogP contribution in [-0.2, 0) is 4.79 Å². The Morgan fingerprint density at radius 2 is 2.09 bits per heavy atom. The van der Waals surface area contributed by atoms with Crippen LogP contribution in [0.3, 0.4) is 0 Å². The van der Waals surface area contributed by atoms with Gasteiger partial charge in [-0.3, -0.25) is 14.2 Å². The normalized spacial score (nSPS) is 15.6. The molecule has 4 aromatic rings. The highest BCUT2D eigenvalue weighted by Crippen LogP contribution is 2.35. The van der Waals surface area contributed by atoms with Crippen LogP contribution < -0.4 is 5.73 Å². The van der Waals surface area contributed by atoms with Crippen LogP contribution in [0.15, 0.2) is 72.6 Å². The van der Waals surface area contributed by atoms with E-state index in [0.29, 0.717) is 24.6 Å². The largest absolute Gasteiger partial charge is 0.382 e. The number of fused-ring (bicyclic) bond motifs is 2. The van der Waals surface area contributed by atoms with E-state index in [1.165, 1.54) is 6.08 Å². The van der Waals surface area contributed by atoms with Crippen LogP contribution in [0.4, 0.5) is 5.82 Å². The first-order valence-electron chi connectivity index (χ1n) is 11.4. The molecule has 0 aliphatic carbocycles. The molecule has 1 aromatic carbocycles. The van der Waals surface area contributed by atoms with Crippen molar-refractivity contribution in [2.45, 2.75) is 25.7 Å². The van der Waals surface area contributed by atoms with Crippen LogP contribution in [0.5, 0.6) is 0 Å². The van der Waals surface area contributed by atoms with Crippen LogP contribution in [0.2, 0.25) is 0 Å². The number of piperidine rings is 1. The lowest BCUT2D eigenvalue weighted by Crippen LogP contribution is -2.41. The van der Waals surface area contributed by atoms with Gasteiger partial charge in [-0.1, -0.05) is 30.9 Å². The second kappa shape index (κ2) is 8.97. The Hall–Kier alpha value is -4.20. The molecule has 8 heteroatoms. The van der Waals surface area contributed by atoms with Crippen molar-refractivity contribution in [3.05, 3.63) is 73.5 Å². The SMILES string of the molecule is C=C/C(=N\C=C/C)C(=O)N1CCC(c2nc(-c3cc4ccccc4[nH]3)c3c(N)nccn23)CC1. The summed E-state index contributed by atoms with van der Waals surface area (Å²) in [6, 6.07) is 10.2. The number of allylic oxidation sites excluding steroid dienone is 1. The van der Waals surface area contributed by atoms with Gasteiger partial charge in [0, 0.05) is 48.5 Å². The third-order valence-electron chi connectivity index (χ3n) is 6.32. The summed E-state index contributed by atoms with van der Waals surface area (Å²) in [7, 11) is 0. The number of nitrogens with one attached hydrogen (secondary N) is 1. The zero-order chi connectivity index (χ0) is 23.7. The molecule has 1 aliphatic heterocycles. The maximum absolute atomic E-state index is 12.8. The maximum Gasteiger partial charge on any atom is 0.272 e. The topological polar surface area (TPSA) is 105 Å². The molecule has 1 amide bonds. The quantitative estimate of drug-likeness (QED) is 0.439. The molecule has 5 rings (SSSR count). The van der Waals surface area contributed by atoms with E-state index in [2.05, 4.69) is 33.7 Å². The lowest BCUT2D eigenvalue weighted by Gasteiger charge is -2.31. The lowest BCUT2D eigenvalue weighted by molar-refractivity contribution is -0.125. The zero-order valence-corrected chi connectivity index (χ0v) is 19.1. The molecular weight excluding hydrogens is 426 g/mol. The smallest absolute Gasteiger partial charge is 0.272 e. The average Bonchev–Trinajstić information content (AvgIpc) is 3.47. The number of amides is 1. The number of aliphatic imine (C=N–C) groups is 1. The monoisotopic (exact) mass is 453 g/mol. The third kappa shape index (κ3) is 3.77. The highest BCUT2D eigenvalue weighted by atomic mass is 16.2. The number of likely N-dealkylation sites (tertiary alicyclic amines) is 1. The van der Waals surface area contributed by atoms with E-state index in [4.69, 9.17) is 10.7 Å². The number of nitrogens with zero attached hydrogens (tertiary/aromatic N) is 5. The number of carbonyl (C=O) groups is 1. The second-order valence-corrected chi connectivity index (χ2v) is 8.39. The summed E-state index contributed by atoms with van der Waals surface area (Å²) >= 11 is 0. The highest BCUT2D eigenvalue weighted by Gasteiger charge is 2.29. The molecular formula is C26H27N7O. The first-order valence-corrected chi connectivity index (χ1v) is 11.4. The molecule has 0 unspecified atom stereocenters. The minimum atomic E-state index is -0.0910. The number of para-hydroxylation sites is 1. The Labute approximate surface area is 197 Å². The fourth-order valence-corrected chi connectivity index (χ4v) is 4.62. The van der Waals surface area contributed by atoms with E-state index in [-0.39, 0.29) is 11.8 Å². The Bertz CT molecular complexity index is 1400. The number of aromatic nitrogens is 4. The summed E-state index contributed by atoms with van der Waals surface area (Å²) < 4.78 is 2.05. The summed E-state index contributed by atoms with van der Waals surface area (Å²) in [4.78, 5) is 31.7. The molecule has 4 heterocycles. The van der Waals surface area contributed by atoms with Crippen molar-refractivity contribution in [2.24, 2.45) is 4.99 Å². The number of H-pyrrole nitrogens is 1. The number of nitrogens with two attached hydrogens (primary N) is 1. The summed E-state index contributed by atoms with van der Waals surface area (Å²) in [6.45, 7) is 6.85. The number of aromatic amines is 1. The Morgan fingerprint density at radius 1 is 1.29 bits per heavy atom. The molecule has 0 saturated carbocycles. The van der Waals surface area contributed by atoms with E-state index in [0.717, 1.165) is 46.5 Å². The highest BCUT2D eigenvalue weighted by molar-refractivity contribution is 6.43. The Balaban J connectivity index is 1.46. The zero-order valence-electron chi connectivity index (χ0n) is 19.1. The summed E-state index contributed by atoms with van der Waals surface area (Å²) in [5.41, 5.74) is 10.2. The molecule has 1 saturated heterocycles. The van der Waals surface area contributed by atoms with Crippen molar-refractivity contribution in [1.82, 2.24) is 24.3 Å². The second-order valence-electron chi connectivity index (χ2n) is 8.39. The number of anilines is 1. The van der Waals surface area contributed by atoms with Gasteiger partial charge in [-0.25, -0.2) is 9.97 Å². The van der Waals surface area contributed by atoms with E-state index < -0.39 is 0 Å². The number of hydrogen-bond acceptors (Lipinski definition) is 5. The molecule has 0 bridgehead atoms. The van der Waals surface area contributed by atoms with Gasteiger partial charge in [-0.15, -0.1) is 0 Å². The van der Waals surface area contributed by atoms with Crippen molar-refractivity contribution >= 4 is 33.9 Å². The van der Waals surface area contributed by atoms with Crippen LogP contribution in [-0.4, -0.2) is 49.0 Å². The molecule has 0 atom stereocenters. The lowest BCUT2D eigenvalue weighted by atomic mass is 9.95. The van der Waals surface area contributed by atoms with Crippen LogP contribution >= 0.6 is 0 Å². The summed E-state index contributed by atoms with van der Waals surface area (Å²) in [5, 5.41) is 1.12. The van der Waals surface area contributed by atoms with Gasteiger partial charge in [0.1, 0.15) is 28.6 Å². The Morgan fingerprint density at radius 3 is 2.82 bits per heavy atom. The van der Waals surface area contributed by atoms with Gasteiger partial charge >= 0.3 is 0 Å². The van der Waals surface area contributed by atoms with Crippen molar-refractivity contribution < 1.29 is 4.79 Å². The number of benzene rings is 1. The number of imidazole rings is 1. The first-order chi connectivity index (χ1) is 16.6. The van der Waals surface area contributed by atoms with Crippen LogP contribution in [0, 0.1) is 0 Å². The molecule has 34 heavy (non-hydrogen) atoms. The minimum absolute atomic E-state index is 0.0910. The summed E-state index contributed by atoms with van der Waals surface area (Å²) in [6.07, 6.45) is 10.1. The van der Waals surface area contributed by atoms with Gasteiger partial charge in [-0.2, -0.15) is 0 Å². The van der Waals surface area contributed by atoms with Crippen LogP contribution in [0.25, 0.3) is 27.8 Å². The van der Waals surface area contributed by atoms with Gasteiger partial charge in [0.25, 0.3) is 5.91 Å². The Kier molecular flexibility index (Phi) is 5.71. The third-order valence-corrected chi connectivity index (χ3v) is 6.32. The van der Waals surface area contributed by atoms with Gasteiger partial charge < -0.3 is 15.6 Å². The molecule has 8 nitrogen and oxygen atoms in total. The molecule has 1 aliphatic rings. The fourth-order valence-electron chi connectivity index (χ4n) is 4.62. The van der Waals surface area contributed by atoms with Gasteiger partial charge in [0.2, 0.25) is 0 Å². The summed E-state index contributed by atoms with van der Waals surface area (Å²) in [5.74, 6) is 1.48. The molecule has 1 fully saturated rings. The molecule has 0 spiro atoms. The van der Waals surface area contributed by atoms with E-state index in [1.54, 1.807) is 18.5 Å². The van der Waals surface area contributed by atoms with Crippen molar-refractivity contribution in [3.63, 3.8) is 0 Å². The van der Waals surface area contributed by atoms with Gasteiger partial charge in [-0.05, 0) is 38.0 Å². The average molecular weight is 454 g/mol. The molecule has 3 N–H and O–H groups in total. The van der Waals surface area contributed by atoms with E-state index >= 15 is 0 Å². The van der Waals surface area contributed by atoms with Gasteiger partial charge in [0.05, 0.1) is 5.69 Å². The predicted molar refractivity (Wildman–Crippen MR) is 136 cm³/mol. The predicted octanol–water partition coefficient (Wildman–Crippen LogP) is 4.33. The van der Waals surface area contributed by atoms with E-state index in [9.17, 15) is 4.79 Å². The molecule has 3 aromatic heterocycles.